The molecule has 0 saturated carbocycles. The van der Waals surface area contributed by atoms with Crippen LogP contribution in [0, 0.1) is 12.7 Å². The number of rotatable bonds is 7. The fourth-order valence-electron chi connectivity index (χ4n) is 4.08. The molecule has 0 bridgehead atoms. The standard InChI is InChI=1S/C28H29FN2O5/c1-17-11-18(28(2,3)27(33)34)13-19(12-17)30-26(32)22-10-9-20(14-23(22)29)35-16-21-15-31(4)24-7-5-6-8-25(24)36-21/h5-14,21H,15-16H2,1-4H3,(H,30,32)(H,33,34)/t21-/m0/s1. The van der Waals surface area contributed by atoms with E-state index in [1.165, 1.54) is 18.2 Å². The number of anilines is 2. The number of amides is 1. The minimum atomic E-state index is -1.14. The molecule has 1 aliphatic heterocycles. The molecule has 1 heterocycles. The number of nitrogens with one attached hydrogen (secondary N) is 1. The van der Waals surface area contributed by atoms with E-state index >= 15 is 0 Å². The maximum absolute atomic E-state index is 14.8. The first-order chi connectivity index (χ1) is 17.0. The molecule has 0 unspecified atom stereocenters. The average Bonchev–Trinajstić information content (AvgIpc) is 2.82. The summed E-state index contributed by atoms with van der Waals surface area (Å²) >= 11 is 0. The molecule has 0 radical (unpaired) electrons. The summed E-state index contributed by atoms with van der Waals surface area (Å²) in [6, 6.07) is 16.8. The number of ether oxygens (including phenoxy) is 2. The van der Waals surface area contributed by atoms with E-state index in [0.29, 0.717) is 17.8 Å². The Labute approximate surface area is 209 Å². The van der Waals surface area contributed by atoms with E-state index in [1.54, 1.807) is 39.0 Å². The number of carboxylic acid groups (broad SMARTS) is 1. The molecule has 3 aromatic carbocycles. The Balaban J connectivity index is 1.42. The van der Waals surface area contributed by atoms with Gasteiger partial charge in [0.25, 0.3) is 5.91 Å². The van der Waals surface area contributed by atoms with Crippen LogP contribution in [0.1, 0.15) is 35.3 Å². The fourth-order valence-corrected chi connectivity index (χ4v) is 4.08. The van der Waals surface area contributed by atoms with Gasteiger partial charge in [0.15, 0.2) is 0 Å². The van der Waals surface area contributed by atoms with Gasteiger partial charge in [0.2, 0.25) is 0 Å². The average molecular weight is 493 g/mol. The van der Waals surface area contributed by atoms with Gasteiger partial charge in [-0.15, -0.1) is 0 Å². The molecular weight excluding hydrogens is 463 g/mol. The largest absolute Gasteiger partial charge is 0.490 e. The molecule has 1 atom stereocenters. The molecule has 0 spiro atoms. The predicted octanol–water partition coefficient (Wildman–Crippen LogP) is 5.02. The van der Waals surface area contributed by atoms with E-state index in [9.17, 15) is 19.1 Å². The summed E-state index contributed by atoms with van der Waals surface area (Å²) < 4.78 is 26.6. The molecule has 36 heavy (non-hydrogen) atoms. The van der Waals surface area contributed by atoms with Crippen LogP contribution in [0.2, 0.25) is 0 Å². The van der Waals surface area contributed by atoms with Gasteiger partial charge < -0.3 is 24.8 Å². The summed E-state index contributed by atoms with van der Waals surface area (Å²) in [5.41, 5.74) is 1.41. The van der Waals surface area contributed by atoms with Gasteiger partial charge in [-0.3, -0.25) is 9.59 Å². The second-order valence-electron chi connectivity index (χ2n) is 9.51. The number of hydrogen-bond donors (Lipinski definition) is 2. The Hall–Kier alpha value is -4.07. The van der Waals surface area contributed by atoms with E-state index in [2.05, 4.69) is 10.2 Å². The first kappa shape index (κ1) is 25.0. The first-order valence-corrected chi connectivity index (χ1v) is 11.6. The molecule has 8 heteroatoms. The van der Waals surface area contributed by atoms with Gasteiger partial charge in [0.1, 0.15) is 30.0 Å². The number of benzene rings is 3. The van der Waals surface area contributed by atoms with Crippen molar-refractivity contribution in [1.29, 1.82) is 0 Å². The van der Waals surface area contributed by atoms with E-state index in [-0.39, 0.29) is 24.0 Å². The highest BCUT2D eigenvalue weighted by atomic mass is 19.1. The van der Waals surface area contributed by atoms with Gasteiger partial charge in [0.05, 0.1) is 23.2 Å². The third kappa shape index (κ3) is 5.27. The number of aryl methyl sites for hydroxylation is 1. The second-order valence-corrected chi connectivity index (χ2v) is 9.51. The van der Waals surface area contributed by atoms with Crippen LogP contribution in [0.4, 0.5) is 15.8 Å². The van der Waals surface area contributed by atoms with E-state index in [1.807, 2.05) is 31.3 Å². The summed E-state index contributed by atoms with van der Waals surface area (Å²) in [4.78, 5) is 26.5. The third-order valence-corrected chi connectivity index (χ3v) is 6.26. The summed E-state index contributed by atoms with van der Waals surface area (Å²) in [5.74, 6) is -1.30. The highest BCUT2D eigenvalue weighted by molar-refractivity contribution is 6.04. The lowest BCUT2D eigenvalue weighted by molar-refractivity contribution is -0.142. The molecule has 0 saturated heterocycles. The SMILES string of the molecule is Cc1cc(NC(=O)c2ccc(OC[C@@H]3CN(C)c4ccccc4O3)cc2F)cc(C(C)(C)C(=O)O)c1. The Morgan fingerprint density at radius 3 is 2.64 bits per heavy atom. The lowest BCUT2D eigenvalue weighted by Gasteiger charge is -2.33. The molecule has 0 aliphatic carbocycles. The van der Waals surface area contributed by atoms with Crippen molar-refractivity contribution in [2.75, 3.05) is 30.4 Å². The maximum atomic E-state index is 14.8. The number of likely N-dealkylation sites (N-methyl/N-ethyl adjacent to an activating group) is 1. The Kier molecular flexibility index (Phi) is 6.88. The Morgan fingerprint density at radius 2 is 1.92 bits per heavy atom. The number of para-hydroxylation sites is 2. The van der Waals surface area contributed by atoms with Gasteiger partial charge in [-0.1, -0.05) is 18.2 Å². The molecule has 0 fully saturated rings. The van der Waals surface area contributed by atoms with Crippen LogP contribution in [-0.4, -0.2) is 43.3 Å². The maximum Gasteiger partial charge on any atom is 0.313 e. The van der Waals surface area contributed by atoms with Crippen molar-refractivity contribution >= 4 is 23.3 Å². The van der Waals surface area contributed by atoms with Crippen LogP contribution in [0.15, 0.2) is 60.7 Å². The van der Waals surface area contributed by atoms with Gasteiger partial charge in [0, 0.05) is 18.8 Å². The van der Waals surface area contributed by atoms with Crippen molar-refractivity contribution in [1.82, 2.24) is 0 Å². The number of hydrogen-bond acceptors (Lipinski definition) is 5. The van der Waals surface area contributed by atoms with Crippen molar-refractivity contribution in [2.24, 2.45) is 0 Å². The summed E-state index contributed by atoms with van der Waals surface area (Å²) in [6.07, 6.45) is -0.235. The van der Waals surface area contributed by atoms with Crippen LogP contribution in [0.5, 0.6) is 11.5 Å². The van der Waals surface area contributed by atoms with E-state index < -0.39 is 23.1 Å². The number of halogens is 1. The zero-order valence-electron chi connectivity index (χ0n) is 20.7. The smallest absolute Gasteiger partial charge is 0.313 e. The van der Waals surface area contributed by atoms with Crippen LogP contribution in [-0.2, 0) is 10.2 Å². The fraction of sp³-hybridized carbons (Fsp3) is 0.286. The quantitative estimate of drug-likeness (QED) is 0.481. The second kappa shape index (κ2) is 9.89. The molecule has 4 rings (SSSR count). The highest BCUT2D eigenvalue weighted by Gasteiger charge is 2.30. The van der Waals surface area contributed by atoms with Crippen molar-refractivity contribution in [3.63, 3.8) is 0 Å². The molecule has 1 aliphatic rings. The van der Waals surface area contributed by atoms with Crippen molar-refractivity contribution in [3.8, 4) is 11.5 Å². The number of aliphatic carboxylic acids is 1. The minimum Gasteiger partial charge on any atom is -0.490 e. The number of carbonyl (C=O) groups is 2. The van der Waals surface area contributed by atoms with Crippen molar-refractivity contribution in [2.45, 2.75) is 32.3 Å². The summed E-state index contributed by atoms with van der Waals surface area (Å²) in [6.45, 7) is 5.81. The zero-order valence-corrected chi connectivity index (χ0v) is 20.7. The number of fused-ring (bicyclic) bond motifs is 1. The van der Waals surface area contributed by atoms with E-state index in [4.69, 9.17) is 9.47 Å². The number of carbonyl (C=O) groups excluding carboxylic acids is 1. The topological polar surface area (TPSA) is 88.1 Å². The predicted molar refractivity (Wildman–Crippen MR) is 136 cm³/mol. The lowest BCUT2D eigenvalue weighted by atomic mass is 9.84. The van der Waals surface area contributed by atoms with Gasteiger partial charge >= 0.3 is 5.97 Å². The zero-order chi connectivity index (χ0) is 26.0. The first-order valence-electron chi connectivity index (χ1n) is 11.6. The molecular formula is C28H29FN2O5. The van der Waals surface area contributed by atoms with Gasteiger partial charge in [-0.2, -0.15) is 0 Å². The normalized spacial score (nSPS) is 15.0. The molecule has 188 valence electrons. The molecule has 0 aromatic heterocycles. The summed E-state index contributed by atoms with van der Waals surface area (Å²) in [5, 5.41) is 12.2. The van der Waals surface area contributed by atoms with Crippen LogP contribution >= 0.6 is 0 Å². The third-order valence-electron chi connectivity index (χ3n) is 6.26. The van der Waals surface area contributed by atoms with E-state index in [0.717, 1.165) is 17.0 Å². The Bertz CT molecular complexity index is 1310. The van der Waals surface area contributed by atoms with Crippen molar-refractivity contribution in [3.05, 3.63) is 83.2 Å². The van der Waals surface area contributed by atoms with Gasteiger partial charge in [-0.25, -0.2) is 4.39 Å². The van der Waals surface area contributed by atoms with Gasteiger partial charge in [-0.05, 0) is 68.3 Å². The van der Waals surface area contributed by atoms with Crippen LogP contribution < -0.4 is 19.7 Å². The van der Waals surface area contributed by atoms with Crippen LogP contribution in [0.25, 0.3) is 0 Å². The van der Waals surface area contributed by atoms with Crippen molar-refractivity contribution < 1.29 is 28.6 Å². The summed E-state index contributed by atoms with van der Waals surface area (Å²) in [7, 11) is 1.97. The number of nitrogens with zero attached hydrogens (tertiary/aromatic N) is 1. The highest BCUT2D eigenvalue weighted by Crippen LogP contribution is 2.32. The minimum absolute atomic E-state index is 0.148. The molecule has 3 aromatic rings. The lowest BCUT2D eigenvalue weighted by Crippen LogP contribution is -2.41. The molecule has 7 nitrogen and oxygen atoms in total. The molecule has 1 amide bonds. The number of carboxylic acids is 1. The monoisotopic (exact) mass is 492 g/mol. The van der Waals surface area contributed by atoms with Crippen LogP contribution in [0.3, 0.4) is 0 Å². The Morgan fingerprint density at radius 1 is 1.17 bits per heavy atom. The molecule has 2 N–H and O–H groups in total.